The van der Waals surface area contributed by atoms with Gasteiger partial charge < -0.3 is 0 Å². The molecule has 0 saturated carbocycles. The van der Waals surface area contributed by atoms with Crippen LogP contribution >= 0.6 is 31.9 Å². The summed E-state index contributed by atoms with van der Waals surface area (Å²) in [6.07, 6.45) is 2.30. The van der Waals surface area contributed by atoms with Crippen LogP contribution < -0.4 is 0 Å². The summed E-state index contributed by atoms with van der Waals surface area (Å²) in [4.78, 5) is 2.94. The van der Waals surface area contributed by atoms with Crippen molar-refractivity contribution in [2.75, 3.05) is 13.1 Å². The second-order valence-corrected chi connectivity index (χ2v) is 6.40. The SMILES string of the molecule is Fc1ccc(Br)cc1CN1CCC(Br)CC1. The Morgan fingerprint density at radius 1 is 1.31 bits per heavy atom. The Morgan fingerprint density at radius 3 is 2.69 bits per heavy atom. The second kappa shape index (κ2) is 5.61. The van der Waals surface area contributed by atoms with Crippen LogP contribution in [-0.4, -0.2) is 22.8 Å². The summed E-state index contributed by atoms with van der Waals surface area (Å²) in [6, 6.07) is 5.13. The lowest BCUT2D eigenvalue weighted by Crippen LogP contribution is -2.33. The van der Waals surface area contributed by atoms with Crippen molar-refractivity contribution < 1.29 is 4.39 Å². The zero-order valence-electron chi connectivity index (χ0n) is 8.93. The molecule has 0 atom stereocenters. The first kappa shape index (κ1) is 12.5. The van der Waals surface area contributed by atoms with Gasteiger partial charge >= 0.3 is 0 Å². The van der Waals surface area contributed by atoms with Crippen molar-refractivity contribution in [2.45, 2.75) is 24.2 Å². The van der Waals surface area contributed by atoms with E-state index in [2.05, 4.69) is 36.8 Å². The molecule has 0 aliphatic carbocycles. The minimum absolute atomic E-state index is 0.107. The molecule has 0 unspecified atom stereocenters. The number of hydrogen-bond acceptors (Lipinski definition) is 1. The van der Waals surface area contributed by atoms with Crippen molar-refractivity contribution in [3.05, 3.63) is 34.1 Å². The van der Waals surface area contributed by atoms with E-state index in [1.807, 2.05) is 6.07 Å². The zero-order valence-corrected chi connectivity index (χ0v) is 12.1. The van der Waals surface area contributed by atoms with Gasteiger partial charge in [-0.25, -0.2) is 4.39 Å². The fourth-order valence-corrected chi connectivity index (χ4v) is 2.78. The molecule has 0 N–H and O–H groups in total. The Kier molecular flexibility index (Phi) is 4.39. The minimum atomic E-state index is -0.107. The molecule has 1 heterocycles. The van der Waals surface area contributed by atoms with Crippen LogP contribution in [-0.2, 0) is 6.54 Å². The lowest BCUT2D eigenvalue weighted by atomic mass is 10.1. The third-order valence-corrected chi connectivity index (χ3v) is 4.33. The van der Waals surface area contributed by atoms with Crippen molar-refractivity contribution >= 4 is 31.9 Å². The van der Waals surface area contributed by atoms with Crippen LogP contribution in [0.5, 0.6) is 0 Å². The van der Waals surface area contributed by atoms with E-state index in [1.54, 1.807) is 6.07 Å². The molecule has 16 heavy (non-hydrogen) atoms. The van der Waals surface area contributed by atoms with Crippen LogP contribution in [0.2, 0.25) is 0 Å². The molecule has 1 aromatic carbocycles. The summed E-state index contributed by atoms with van der Waals surface area (Å²) < 4.78 is 14.5. The van der Waals surface area contributed by atoms with Gasteiger partial charge in [0.15, 0.2) is 0 Å². The van der Waals surface area contributed by atoms with Gasteiger partial charge in [0.1, 0.15) is 5.82 Å². The molecule has 4 heteroatoms. The monoisotopic (exact) mass is 349 g/mol. The van der Waals surface area contributed by atoms with Crippen molar-refractivity contribution in [2.24, 2.45) is 0 Å². The Labute approximate surface area is 112 Å². The van der Waals surface area contributed by atoms with Gasteiger partial charge in [-0.2, -0.15) is 0 Å². The predicted molar refractivity (Wildman–Crippen MR) is 71.3 cm³/mol. The van der Waals surface area contributed by atoms with Crippen LogP contribution in [0.15, 0.2) is 22.7 Å². The molecule has 2 rings (SSSR count). The van der Waals surface area contributed by atoms with Crippen molar-refractivity contribution in [3.8, 4) is 0 Å². The highest BCUT2D eigenvalue weighted by atomic mass is 79.9. The molecule has 0 aromatic heterocycles. The van der Waals surface area contributed by atoms with Gasteiger partial charge in [0.2, 0.25) is 0 Å². The van der Waals surface area contributed by atoms with Crippen molar-refractivity contribution in [1.82, 2.24) is 4.90 Å². The van der Waals surface area contributed by atoms with E-state index in [1.165, 1.54) is 6.07 Å². The van der Waals surface area contributed by atoms with Gasteiger partial charge in [0.05, 0.1) is 0 Å². The first-order valence-electron chi connectivity index (χ1n) is 5.45. The van der Waals surface area contributed by atoms with E-state index < -0.39 is 0 Å². The van der Waals surface area contributed by atoms with Gasteiger partial charge in [0, 0.05) is 21.4 Å². The van der Waals surface area contributed by atoms with E-state index >= 15 is 0 Å². The molecule has 1 fully saturated rings. The average molecular weight is 351 g/mol. The molecule has 1 aliphatic rings. The Morgan fingerprint density at radius 2 is 2.00 bits per heavy atom. The third kappa shape index (κ3) is 3.28. The van der Waals surface area contributed by atoms with Crippen LogP contribution in [0.25, 0.3) is 0 Å². The fourth-order valence-electron chi connectivity index (χ4n) is 1.96. The molecular weight excluding hydrogens is 337 g/mol. The Bertz CT molecular complexity index is 362. The molecule has 0 spiro atoms. The van der Waals surface area contributed by atoms with E-state index in [4.69, 9.17) is 0 Å². The topological polar surface area (TPSA) is 3.24 Å². The maximum Gasteiger partial charge on any atom is 0.127 e. The van der Waals surface area contributed by atoms with E-state index in [-0.39, 0.29) is 5.82 Å². The number of rotatable bonds is 2. The lowest BCUT2D eigenvalue weighted by Gasteiger charge is -2.29. The number of alkyl halides is 1. The van der Waals surface area contributed by atoms with Gasteiger partial charge in [-0.3, -0.25) is 4.90 Å². The summed E-state index contributed by atoms with van der Waals surface area (Å²) in [6.45, 7) is 2.80. The number of benzene rings is 1. The van der Waals surface area contributed by atoms with Crippen LogP contribution in [0.3, 0.4) is 0 Å². The number of likely N-dealkylation sites (tertiary alicyclic amines) is 1. The van der Waals surface area contributed by atoms with Gasteiger partial charge in [-0.1, -0.05) is 31.9 Å². The average Bonchev–Trinajstić information content (AvgIpc) is 2.27. The first-order valence-corrected chi connectivity index (χ1v) is 7.16. The van der Waals surface area contributed by atoms with Gasteiger partial charge in [0.25, 0.3) is 0 Å². The molecule has 1 nitrogen and oxygen atoms in total. The summed E-state index contributed by atoms with van der Waals surface area (Å²) in [5.41, 5.74) is 0.780. The van der Waals surface area contributed by atoms with Crippen molar-refractivity contribution in [3.63, 3.8) is 0 Å². The largest absolute Gasteiger partial charge is 0.299 e. The number of piperidine rings is 1. The Balaban J connectivity index is 2.00. The highest BCUT2D eigenvalue weighted by molar-refractivity contribution is 9.10. The van der Waals surface area contributed by atoms with Crippen LogP contribution in [0, 0.1) is 5.82 Å². The van der Waals surface area contributed by atoms with Crippen LogP contribution in [0.1, 0.15) is 18.4 Å². The maximum atomic E-state index is 13.5. The highest BCUT2D eigenvalue weighted by Gasteiger charge is 2.17. The standard InChI is InChI=1S/C12H14Br2FN/c13-10-3-5-16(6-4-10)8-9-7-11(14)1-2-12(9)15/h1-2,7,10H,3-6,8H2. The second-order valence-electron chi connectivity index (χ2n) is 4.19. The maximum absolute atomic E-state index is 13.5. The molecule has 1 aliphatic heterocycles. The predicted octanol–water partition coefficient (Wildman–Crippen LogP) is 3.95. The normalized spacial score (nSPS) is 18.9. The Hall–Kier alpha value is 0.0700. The molecule has 0 amide bonds. The number of halogens is 3. The third-order valence-electron chi connectivity index (χ3n) is 2.92. The van der Waals surface area contributed by atoms with Crippen molar-refractivity contribution in [1.29, 1.82) is 0 Å². The highest BCUT2D eigenvalue weighted by Crippen LogP contribution is 2.21. The smallest absolute Gasteiger partial charge is 0.127 e. The van der Waals surface area contributed by atoms with E-state index in [0.29, 0.717) is 11.4 Å². The van der Waals surface area contributed by atoms with Gasteiger partial charge in [-0.05, 0) is 44.1 Å². The van der Waals surface area contributed by atoms with E-state index in [0.717, 1.165) is 36.0 Å². The summed E-state index contributed by atoms with van der Waals surface area (Å²) in [5, 5.41) is 0. The minimum Gasteiger partial charge on any atom is -0.299 e. The summed E-state index contributed by atoms with van der Waals surface area (Å²) in [7, 11) is 0. The number of nitrogens with zero attached hydrogens (tertiary/aromatic N) is 1. The van der Waals surface area contributed by atoms with Gasteiger partial charge in [-0.15, -0.1) is 0 Å². The molecule has 0 radical (unpaired) electrons. The zero-order chi connectivity index (χ0) is 11.5. The quantitative estimate of drug-likeness (QED) is 0.730. The summed E-state index contributed by atoms with van der Waals surface area (Å²) >= 11 is 7.00. The number of hydrogen-bond donors (Lipinski definition) is 0. The van der Waals surface area contributed by atoms with Crippen LogP contribution in [0.4, 0.5) is 4.39 Å². The fraction of sp³-hybridized carbons (Fsp3) is 0.500. The van der Waals surface area contributed by atoms with E-state index in [9.17, 15) is 4.39 Å². The lowest BCUT2D eigenvalue weighted by molar-refractivity contribution is 0.223. The summed E-state index contributed by atoms with van der Waals surface area (Å²) in [5.74, 6) is -0.107. The molecule has 1 saturated heterocycles. The molecule has 88 valence electrons. The molecule has 0 bridgehead atoms. The molecule has 1 aromatic rings. The molecular formula is C12H14Br2FN. The first-order chi connectivity index (χ1) is 7.65.